The number of allylic oxidation sites excluding steroid dienone is 1. The molecule has 0 aromatic carbocycles. The van der Waals surface area contributed by atoms with E-state index in [0.717, 1.165) is 48.3 Å². The Labute approximate surface area is 175 Å². The quantitative estimate of drug-likeness (QED) is 0.758. The Morgan fingerprint density at radius 1 is 1.07 bits per heavy atom. The van der Waals surface area contributed by atoms with Gasteiger partial charge in [0, 0.05) is 0 Å². The van der Waals surface area contributed by atoms with Crippen LogP contribution in [0.1, 0.15) is 77.5 Å². The molecule has 4 fully saturated rings. The average Bonchev–Trinajstić information content (AvgIpc) is 3.22. The van der Waals surface area contributed by atoms with Crippen molar-refractivity contribution < 1.29 is 5.11 Å². The van der Waals surface area contributed by atoms with Gasteiger partial charge in [-0.2, -0.15) is 4.80 Å². The first-order chi connectivity index (χ1) is 13.8. The topological polar surface area (TPSA) is 63.8 Å². The molecule has 29 heavy (non-hydrogen) atoms. The van der Waals surface area contributed by atoms with Crippen LogP contribution in [0.25, 0.3) is 0 Å². The Kier molecular flexibility index (Phi) is 4.69. The number of aromatic nitrogens is 4. The summed E-state index contributed by atoms with van der Waals surface area (Å²) < 4.78 is 0. The summed E-state index contributed by atoms with van der Waals surface area (Å²) in [7, 11) is 0. The molecule has 1 aromatic heterocycles. The molecule has 0 bridgehead atoms. The lowest BCUT2D eigenvalue weighted by molar-refractivity contribution is -0.0979. The summed E-state index contributed by atoms with van der Waals surface area (Å²) >= 11 is 0. The van der Waals surface area contributed by atoms with E-state index in [1.54, 1.807) is 4.80 Å². The molecular weight excluding hydrogens is 360 g/mol. The van der Waals surface area contributed by atoms with Crippen LogP contribution in [0, 0.1) is 47.8 Å². The van der Waals surface area contributed by atoms with Crippen LogP contribution in [-0.2, 0) is 6.54 Å². The molecule has 4 aliphatic carbocycles. The first kappa shape index (κ1) is 19.7. The Bertz CT molecular complexity index is 786. The predicted octanol–water partition coefficient (Wildman–Crippen LogP) is 4.56. The molecule has 0 aliphatic heterocycles. The van der Waals surface area contributed by atoms with Gasteiger partial charge in [0.15, 0.2) is 5.82 Å². The number of fused-ring (bicyclic) bond motifs is 5. The van der Waals surface area contributed by atoms with E-state index >= 15 is 0 Å². The van der Waals surface area contributed by atoms with Crippen molar-refractivity contribution in [2.75, 3.05) is 0 Å². The number of aliphatic hydroxyl groups is 1. The van der Waals surface area contributed by atoms with Crippen molar-refractivity contribution >= 4 is 0 Å². The fourth-order valence-electron chi connectivity index (χ4n) is 8.43. The molecule has 0 amide bonds. The van der Waals surface area contributed by atoms with Gasteiger partial charge in [-0.05, 0) is 118 Å². The molecule has 0 spiro atoms. The number of hydrogen-bond donors (Lipinski definition) is 1. The van der Waals surface area contributed by atoms with Gasteiger partial charge in [0.1, 0.15) is 0 Å². The number of aryl methyl sites for hydroxylation is 1. The van der Waals surface area contributed by atoms with Gasteiger partial charge in [0.2, 0.25) is 0 Å². The summed E-state index contributed by atoms with van der Waals surface area (Å²) in [5.74, 6) is 5.58. The van der Waals surface area contributed by atoms with Crippen LogP contribution < -0.4 is 0 Å². The summed E-state index contributed by atoms with van der Waals surface area (Å²) in [6.07, 6.45) is 11.4. The van der Waals surface area contributed by atoms with Crippen LogP contribution >= 0.6 is 0 Å². The molecule has 8 atom stereocenters. The minimum atomic E-state index is -0.416. The lowest BCUT2D eigenvalue weighted by Crippen LogP contribution is -2.50. The monoisotopic (exact) mass is 398 g/mol. The zero-order chi connectivity index (χ0) is 20.4. The van der Waals surface area contributed by atoms with E-state index in [2.05, 4.69) is 35.8 Å². The fraction of sp³-hybridized carbons (Fsp3) is 0.875. The maximum absolute atomic E-state index is 10.6. The number of hydrogen-bond acceptors (Lipinski definition) is 4. The summed E-state index contributed by atoms with van der Waals surface area (Å²) in [6, 6.07) is 0. The minimum absolute atomic E-state index is 0.390. The molecule has 1 N–H and O–H groups in total. The SMILES string of the molecule is C=C(Cn1nnc(C)n1)[C@H]1CC[C@H]2[C@@H]3CC[C@H]4C[C@](C)(O)CC[C@@H]4[C@H]3CC[C@]12C. The van der Waals surface area contributed by atoms with E-state index in [-0.39, 0.29) is 0 Å². The second-order valence-corrected chi connectivity index (χ2v) is 11.4. The highest BCUT2D eigenvalue weighted by atomic mass is 16.3. The minimum Gasteiger partial charge on any atom is -0.390 e. The van der Waals surface area contributed by atoms with Gasteiger partial charge in [-0.15, -0.1) is 10.2 Å². The number of rotatable bonds is 3. The van der Waals surface area contributed by atoms with Crippen LogP contribution in [-0.4, -0.2) is 30.9 Å². The van der Waals surface area contributed by atoms with Crippen LogP contribution in [0.2, 0.25) is 0 Å². The first-order valence-electron chi connectivity index (χ1n) is 11.9. The summed E-state index contributed by atoms with van der Waals surface area (Å²) in [5, 5.41) is 23.2. The molecular formula is C24H38N4O. The molecule has 160 valence electrons. The fourth-order valence-corrected chi connectivity index (χ4v) is 8.43. The van der Waals surface area contributed by atoms with Crippen molar-refractivity contribution in [1.29, 1.82) is 0 Å². The second kappa shape index (κ2) is 6.90. The van der Waals surface area contributed by atoms with E-state index < -0.39 is 5.60 Å². The van der Waals surface area contributed by atoms with Crippen molar-refractivity contribution in [2.24, 2.45) is 40.9 Å². The van der Waals surface area contributed by atoms with Crippen molar-refractivity contribution in [1.82, 2.24) is 20.2 Å². The highest BCUT2D eigenvalue weighted by Crippen LogP contribution is 2.65. The molecule has 1 heterocycles. The molecule has 5 rings (SSSR count). The van der Waals surface area contributed by atoms with Gasteiger partial charge in [-0.3, -0.25) is 0 Å². The first-order valence-corrected chi connectivity index (χ1v) is 11.9. The Morgan fingerprint density at radius 2 is 1.86 bits per heavy atom. The van der Waals surface area contributed by atoms with E-state index in [0.29, 0.717) is 17.9 Å². The number of tetrazole rings is 1. The van der Waals surface area contributed by atoms with E-state index in [1.165, 1.54) is 50.5 Å². The molecule has 0 radical (unpaired) electrons. The van der Waals surface area contributed by atoms with Crippen molar-refractivity contribution in [2.45, 2.75) is 90.7 Å². The zero-order valence-electron chi connectivity index (χ0n) is 18.5. The maximum atomic E-state index is 10.6. The smallest absolute Gasteiger partial charge is 0.171 e. The van der Waals surface area contributed by atoms with Crippen LogP contribution in [0.5, 0.6) is 0 Å². The van der Waals surface area contributed by atoms with Gasteiger partial charge < -0.3 is 5.11 Å². The van der Waals surface area contributed by atoms with Crippen molar-refractivity contribution in [3.05, 3.63) is 18.0 Å². The molecule has 4 saturated carbocycles. The largest absolute Gasteiger partial charge is 0.390 e. The maximum Gasteiger partial charge on any atom is 0.171 e. The third-order valence-electron chi connectivity index (χ3n) is 9.63. The average molecular weight is 399 g/mol. The molecule has 5 heteroatoms. The molecule has 1 aromatic rings. The normalized spacial score (nSPS) is 46.6. The summed E-state index contributed by atoms with van der Waals surface area (Å²) in [5.41, 5.74) is 1.27. The lowest BCUT2D eigenvalue weighted by Gasteiger charge is -2.57. The third-order valence-corrected chi connectivity index (χ3v) is 9.63. The van der Waals surface area contributed by atoms with Crippen molar-refractivity contribution in [3.63, 3.8) is 0 Å². The summed E-state index contributed by atoms with van der Waals surface area (Å²) in [4.78, 5) is 1.72. The highest BCUT2D eigenvalue weighted by Gasteiger charge is 2.57. The van der Waals surface area contributed by atoms with Gasteiger partial charge >= 0.3 is 0 Å². The second-order valence-electron chi connectivity index (χ2n) is 11.4. The van der Waals surface area contributed by atoms with E-state index in [9.17, 15) is 5.11 Å². The number of nitrogens with zero attached hydrogens (tertiary/aromatic N) is 4. The van der Waals surface area contributed by atoms with E-state index in [4.69, 9.17) is 0 Å². The van der Waals surface area contributed by atoms with Crippen molar-refractivity contribution in [3.8, 4) is 0 Å². The molecule has 0 unspecified atom stereocenters. The van der Waals surface area contributed by atoms with Crippen LogP contribution in [0.3, 0.4) is 0 Å². The van der Waals surface area contributed by atoms with E-state index in [1.807, 2.05) is 6.92 Å². The van der Waals surface area contributed by atoms with Gasteiger partial charge in [-0.25, -0.2) is 0 Å². The van der Waals surface area contributed by atoms with Gasteiger partial charge in [0.25, 0.3) is 0 Å². The molecule has 4 aliphatic rings. The van der Waals surface area contributed by atoms with Gasteiger partial charge in [-0.1, -0.05) is 19.1 Å². The van der Waals surface area contributed by atoms with Gasteiger partial charge in [0.05, 0.1) is 12.1 Å². The zero-order valence-corrected chi connectivity index (χ0v) is 18.5. The molecule has 5 nitrogen and oxygen atoms in total. The summed E-state index contributed by atoms with van der Waals surface area (Å²) in [6.45, 7) is 11.7. The molecule has 0 saturated heterocycles. The Hall–Kier alpha value is -1.23. The Balaban J connectivity index is 1.31. The third kappa shape index (κ3) is 3.28. The van der Waals surface area contributed by atoms with Crippen LogP contribution in [0.15, 0.2) is 12.2 Å². The Morgan fingerprint density at radius 3 is 2.62 bits per heavy atom. The highest BCUT2D eigenvalue weighted by molar-refractivity contribution is 5.15. The van der Waals surface area contributed by atoms with Crippen LogP contribution in [0.4, 0.5) is 0 Å². The standard InChI is InChI=1S/C24H38N4O/c1-15(14-28-26-16(2)25-27-28)21-7-8-22-20-6-5-17-13-23(3,29)11-9-18(17)19(20)10-12-24(21,22)4/h17-22,29H,1,5-14H2,2-4H3/t17-,18-,19+,20+,21+,22-,23+,24+/m0/s1. The predicted molar refractivity (Wildman–Crippen MR) is 113 cm³/mol. The lowest BCUT2D eigenvalue weighted by atomic mass is 9.49.